The summed E-state index contributed by atoms with van der Waals surface area (Å²) in [5.74, 6) is 1.25. The number of hydrogen-bond acceptors (Lipinski definition) is 4. The van der Waals surface area contributed by atoms with Crippen LogP contribution in [0.25, 0.3) is 0 Å². The topological polar surface area (TPSA) is 67.9 Å². The van der Waals surface area contributed by atoms with Crippen LogP contribution in [0.3, 0.4) is 0 Å². The SMILES string of the molecule is CC[C@H](C(=O)NCC(C)C)N(Cc1cccc(C)c1)C(=O)COc1ccc(OC)cc1. The fraction of sp³-hybridized carbons (Fsp3) is 0.440. The molecule has 0 saturated heterocycles. The van der Waals surface area contributed by atoms with Gasteiger partial charge in [0.2, 0.25) is 5.91 Å². The summed E-state index contributed by atoms with van der Waals surface area (Å²) in [7, 11) is 1.60. The Morgan fingerprint density at radius 3 is 2.32 bits per heavy atom. The third kappa shape index (κ3) is 7.63. The fourth-order valence-electron chi connectivity index (χ4n) is 3.25. The average Bonchev–Trinajstić information content (AvgIpc) is 2.76. The number of hydrogen-bond donors (Lipinski definition) is 1. The van der Waals surface area contributed by atoms with Crippen LogP contribution in [0.1, 0.15) is 38.3 Å². The molecule has 31 heavy (non-hydrogen) atoms. The summed E-state index contributed by atoms with van der Waals surface area (Å²) in [6, 6.07) is 14.5. The van der Waals surface area contributed by atoms with Gasteiger partial charge in [-0.25, -0.2) is 0 Å². The second kappa shape index (κ2) is 12.0. The van der Waals surface area contributed by atoms with Gasteiger partial charge >= 0.3 is 0 Å². The molecule has 168 valence electrons. The van der Waals surface area contributed by atoms with E-state index in [0.29, 0.717) is 36.9 Å². The molecule has 2 aromatic carbocycles. The zero-order valence-corrected chi connectivity index (χ0v) is 19.2. The molecule has 2 aromatic rings. The van der Waals surface area contributed by atoms with Crippen molar-refractivity contribution in [1.29, 1.82) is 0 Å². The average molecular weight is 427 g/mol. The standard InChI is InChI=1S/C25H34N2O4/c1-6-23(25(29)26-15-18(2)3)27(16-20-9-7-8-19(4)14-20)24(28)17-31-22-12-10-21(30-5)11-13-22/h7-14,18,23H,6,15-17H2,1-5H3,(H,26,29)/t23-/m1/s1. The lowest BCUT2D eigenvalue weighted by atomic mass is 10.1. The van der Waals surface area contributed by atoms with Gasteiger partial charge in [-0.3, -0.25) is 9.59 Å². The van der Waals surface area contributed by atoms with Crippen LogP contribution in [0, 0.1) is 12.8 Å². The highest BCUT2D eigenvalue weighted by Gasteiger charge is 2.29. The van der Waals surface area contributed by atoms with Crippen molar-refractivity contribution in [2.24, 2.45) is 5.92 Å². The number of methoxy groups -OCH3 is 1. The Balaban J connectivity index is 2.17. The molecule has 6 heteroatoms. The molecule has 2 rings (SSSR count). The van der Waals surface area contributed by atoms with Crippen LogP contribution in [0.4, 0.5) is 0 Å². The Hall–Kier alpha value is -3.02. The van der Waals surface area contributed by atoms with E-state index in [4.69, 9.17) is 9.47 Å². The molecule has 0 saturated carbocycles. The minimum absolute atomic E-state index is 0.137. The van der Waals surface area contributed by atoms with Gasteiger partial charge in [0.05, 0.1) is 7.11 Å². The number of nitrogens with zero attached hydrogens (tertiary/aromatic N) is 1. The maximum absolute atomic E-state index is 13.2. The van der Waals surface area contributed by atoms with Gasteiger partial charge in [-0.1, -0.05) is 50.6 Å². The Morgan fingerprint density at radius 2 is 1.74 bits per heavy atom. The summed E-state index contributed by atoms with van der Waals surface area (Å²) in [5, 5.41) is 2.96. The van der Waals surface area contributed by atoms with E-state index in [1.807, 2.05) is 52.0 Å². The quantitative estimate of drug-likeness (QED) is 0.591. The van der Waals surface area contributed by atoms with Crippen LogP contribution in [0.2, 0.25) is 0 Å². The van der Waals surface area contributed by atoms with E-state index in [1.54, 1.807) is 36.3 Å². The molecule has 2 amide bonds. The molecule has 0 fully saturated rings. The summed E-state index contributed by atoms with van der Waals surface area (Å²) in [6.07, 6.45) is 0.518. The Bertz CT molecular complexity index is 849. The van der Waals surface area contributed by atoms with E-state index < -0.39 is 6.04 Å². The number of aryl methyl sites for hydroxylation is 1. The van der Waals surface area contributed by atoms with Gasteiger partial charge in [-0.2, -0.15) is 0 Å². The van der Waals surface area contributed by atoms with E-state index in [2.05, 4.69) is 5.32 Å². The van der Waals surface area contributed by atoms with Crippen LogP contribution in [-0.4, -0.2) is 43.0 Å². The van der Waals surface area contributed by atoms with Crippen molar-refractivity contribution in [3.05, 3.63) is 59.7 Å². The number of amides is 2. The molecule has 0 aliphatic carbocycles. The van der Waals surface area contributed by atoms with E-state index in [0.717, 1.165) is 11.1 Å². The van der Waals surface area contributed by atoms with Crippen molar-refractivity contribution in [1.82, 2.24) is 10.2 Å². The van der Waals surface area contributed by atoms with Gasteiger partial charge in [0, 0.05) is 13.1 Å². The van der Waals surface area contributed by atoms with Crippen LogP contribution in [-0.2, 0) is 16.1 Å². The second-order valence-corrected chi connectivity index (χ2v) is 8.04. The molecule has 0 heterocycles. The number of rotatable bonds is 11. The summed E-state index contributed by atoms with van der Waals surface area (Å²) >= 11 is 0. The number of carbonyl (C=O) groups is 2. The van der Waals surface area contributed by atoms with Crippen LogP contribution in [0.5, 0.6) is 11.5 Å². The molecule has 0 aromatic heterocycles. The molecule has 1 atom stereocenters. The second-order valence-electron chi connectivity index (χ2n) is 8.04. The number of nitrogens with one attached hydrogen (secondary N) is 1. The largest absolute Gasteiger partial charge is 0.497 e. The van der Waals surface area contributed by atoms with Crippen LogP contribution in [0.15, 0.2) is 48.5 Å². The van der Waals surface area contributed by atoms with Crippen molar-refractivity contribution in [3.8, 4) is 11.5 Å². The molecule has 0 radical (unpaired) electrons. The van der Waals surface area contributed by atoms with Crippen molar-refractivity contribution in [2.75, 3.05) is 20.3 Å². The van der Waals surface area contributed by atoms with Gasteiger partial charge in [-0.15, -0.1) is 0 Å². The van der Waals surface area contributed by atoms with Gasteiger partial charge in [0.25, 0.3) is 5.91 Å². The first-order valence-electron chi connectivity index (χ1n) is 10.7. The molecule has 0 unspecified atom stereocenters. The van der Waals surface area contributed by atoms with E-state index >= 15 is 0 Å². The Kier molecular flexibility index (Phi) is 9.38. The maximum Gasteiger partial charge on any atom is 0.261 e. The van der Waals surface area contributed by atoms with E-state index in [-0.39, 0.29) is 18.4 Å². The summed E-state index contributed by atoms with van der Waals surface area (Å²) < 4.78 is 10.8. The molecule has 0 aliphatic heterocycles. The Labute approximate surface area is 185 Å². The zero-order chi connectivity index (χ0) is 22.8. The van der Waals surface area contributed by atoms with Crippen LogP contribution >= 0.6 is 0 Å². The van der Waals surface area contributed by atoms with Crippen molar-refractivity contribution >= 4 is 11.8 Å². The van der Waals surface area contributed by atoms with Gasteiger partial charge in [0.1, 0.15) is 17.5 Å². The number of benzene rings is 2. The normalized spacial score (nSPS) is 11.7. The zero-order valence-electron chi connectivity index (χ0n) is 19.2. The predicted octanol–water partition coefficient (Wildman–Crippen LogP) is 3.96. The Morgan fingerprint density at radius 1 is 1.06 bits per heavy atom. The molecule has 0 bridgehead atoms. The predicted molar refractivity (Wildman–Crippen MR) is 122 cm³/mol. The number of carbonyl (C=O) groups excluding carboxylic acids is 2. The smallest absolute Gasteiger partial charge is 0.261 e. The monoisotopic (exact) mass is 426 g/mol. The lowest BCUT2D eigenvalue weighted by Crippen LogP contribution is -2.50. The molecular formula is C25H34N2O4. The van der Waals surface area contributed by atoms with Gasteiger partial charge in [0.15, 0.2) is 6.61 Å². The van der Waals surface area contributed by atoms with Crippen LogP contribution < -0.4 is 14.8 Å². The lowest BCUT2D eigenvalue weighted by molar-refractivity contribution is -0.143. The minimum atomic E-state index is -0.564. The molecule has 1 N–H and O–H groups in total. The van der Waals surface area contributed by atoms with Gasteiger partial charge < -0.3 is 19.7 Å². The van der Waals surface area contributed by atoms with Crippen molar-refractivity contribution in [3.63, 3.8) is 0 Å². The third-order valence-corrected chi connectivity index (χ3v) is 4.93. The summed E-state index contributed by atoms with van der Waals surface area (Å²) in [6.45, 7) is 8.78. The van der Waals surface area contributed by atoms with Gasteiger partial charge in [-0.05, 0) is 49.1 Å². The molecular weight excluding hydrogens is 392 g/mol. The van der Waals surface area contributed by atoms with Crippen molar-refractivity contribution in [2.45, 2.75) is 46.7 Å². The number of ether oxygens (including phenoxy) is 2. The molecule has 6 nitrogen and oxygen atoms in total. The third-order valence-electron chi connectivity index (χ3n) is 4.93. The van der Waals surface area contributed by atoms with E-state index in [1.165, 1.54) is 0 Å². The minimum Gasteiger partial charge on any atom is -0.497 e. The van der Waals surface area contributed by atoms with Crippen molar-refractivity contribution < 1.29 is 19.1 Å². The maximum atomic E-state index is 13.2. The highest BCUT2D eigenvalue weighted by Crippen LogP contribution is 2.18. The first kappa shape index (κ1) is 24.3. The molecule has 0 aliphatic rings. The fourth-order valence-corrected chi connectivity index (χ4v) is 3.25. The van der Waals surface area contributed by atoms with E-state index in [9.17, 15) is 9.59 Å². The molecule has 0 spiro atoms. The highest BCUT2D eigenvalue weighted by molar-refractivity contribution is 5.88. The first-order valence-corrected chi connectivity index (χ1v) is 10.7. The lowest BCUT2D eigenvalue weighted by Gasteiger charge is -2.31. The highest BCUT2D eigenvalue weighted by atomic mass is 16.5. The summed E-state index contributed by atoms with van der Waals surface area (Å²) in [5.41, 5.74) is 2.09. The summed E-state index contributed by atoms with van der Waals surface area (Å²) in [4.78, 5) is 27.7. The first-order chi connectivity index (χ1) is 14.8.